The Morgan fingerprint density at radius 3 is 2.29 bits per heavy atom. The Kier molecular flexibility index (Phi) is 7.38. The van der Waals surface area contributed by atoms with Crippen LogP contribution < -0.4 is 0 Å². The molecule has 2 aliphatic rings. The zero-order valence-electron chi connectivity index (χ0n) is 14.3. The van der Waals surface area contributed by atoms with E-state index in [0.717, 1.165) is 32.1 Å². The van der Waals surface area contributed by atoms with Crippen LogP contribution in [0.4, 0.5) is 0 Å². The van der Waals surface area contributed by atoms with E-state index >= 15 is 0 Å². The van der Waals surface area contributed by atoms with Gasteiger partial charge < -0.3 is 14.9 Å². The lowest BCUT2D eigenvalue weighted by molar-refractivity contribution is -0.112. The summed E-state index contributed by atoms with van der Waals surface area (Å²) in [5.41, 5.74) is 0.967. The van der Waals surface area contributed by atoms with Crippen LogP contribution in [-0.4, -0.2) is 35.1 Å². The zero-order chi connectivity index (χ0) is 16.0. The molecule has 0 heterocycles. The third kappa shape index (κ3) is 5.39. The highest BCUT2D eigenvalue weighted by atomic mass is 16.5. The fourth-order valence-corrected chi connectivity index (χ4v) is 3.27. The predicted molar refractivity (Wildman–Crippen MR) is 87.2 cm³/mol. The Labute approximate surface area is 130 Å². The van der Waals surface area contributed by atoms with Crippen molar-refractivity contribution in [1.29, 1.82) is 0 Å². The lowest BCUT2D eigenvalue weighted by Gasteiger charge is -2.36. The summed E-state index contributed by atoms with van der Waals surface area (Å²) in [7, 11) is 1.68. The van der Waals surface area contributed by atoms with Crippen LogP contribution in [0.5, 0.6) is 0 Å². The molecule has 0 aromatic heterocycles. The minimum absolute atomic E-state index is 0.0922. The summed E-state index contributed by atoms with van der Waals surface area (Å²) in [5.74, 6) is 1.06. The number of hydrogen-bond donors (Lipinski definition) is 2. The molecule has 3 heteroatoms. The van der Waals surface area contributed by atoms with Crippen LogP contribution in [0.2, 0.25) is 0 Å². The van der Waals surface area contributed by atoms with Gasteiger partial charge in [-0.05, 0) is 57.8 Å². The second-order valence-electron chi connectivity index (χ2n) is 7.18. The van der Waals surface area contributed by atoms with Gasteiger partial charge in [0.25, 0.3) is 0 Å². The van der Waals surface area contributed by atoms with Gasteiger partial charge in [0.05, 0.1) is 17.8 Å². The summed E-state index contributed by atoms with van der Waals surface area (Å²) in [6.07, 6.45) is 7.15. The summed E-state index contributed by atoms with van der Waals surface area (Å²) in [6.45, 7) is 10.1. The molecule has 0 aliphatic heterocycles. The van der Waals surface area contributed by atoms with Gasteiger partial charge in [-0.1, -0.05) is 31.9 Å². The maximum Gasteiger partial charge on any atom is 0.0908 e. The molecule has 5 atom stereocenters. The molecule has 2 saturated carbocycles. The Bertz CT molecular complexity index is 328. The van der Waals surface area contributed by atoms with Crippen LogP contribution in [0.3, 0.4) is 0 Å². The lowest BCUT2D eigenvalue weighted by atomic mass is 9.78. The molecule has 0 unspecified atom stereocenters. The molecule has 2 N–H and O–H groups in total. The van der Waals surface area contributed by atoms with Crippen LogP contribution in [0.15, 0.2) is 12.2 Å². The van der Waals surface area contributed by atoms with E-state index in [0.29, 0.717) is 11.8 Å². The SMILES string of the molecule is C=C(C)[C@H]1CC[C@@H](C)[C@H](O)C1.CO[C@]1(C)CCCC[C@H]1O. The van der Waals surface area contributed by atoms with Crippen LogP contribution >= 0.6 is 0 Å². The number of rotatable bonds is 2. The highest BCUT2D eigenvalue weighted by molar-refractivity contribution is 4.99. The molecule has 2 aliphatic carbocycles. The van der Waals surface area contributed by atoms with Crippen molar-refractivity contribution in [2.45, 2.75) is 83.5 Å². The quantitative estimate of drug-likeness (QED) is 0.765. The van der Waals surface area contributed by atoms with Gasteiger partial charge in [-0.2, -0.15) is 0 Å². The molecule has 0 amide bonds. The summed E-state index contributed by atoms with van der Waals surface area (Å²) >= 11 is 0. The van der Waals surface area contributed by atoms with E-state index in [2.05, 4.69) is 20.4 Å². The van der Waals surface area contributed by atoms with Crippen LogP contribution in [-0.2, 0) is 4.74 Å². The normalized spacial score (nSPS) is 40.1. The molecule has 2 fully saturated rings. The maximum absolute atomic E-state index is 9.56. The molecule has 0 bridgehead atoms. The first kappa shape index (κ1) is 18.7. The highest BCUT2D eigenvalue weighted by Crippen LogP contribution is 2.32. The molecular weight excluding hydrogens is 264 g/mol. The van der Waals surface area contributed by atoms with Gasteiger partial charge in [0.15, 0.2) is 0 Å². The van der Waals surface area contributed by atoms with E-state index in [-0.39, 0.29) is 17.8 Å². The van der Waals surface area contributed by atoms with Crippen LogP contribution in [0.25, 0.3) is 0 Å². The number of hydrogen-bond acceptors (Lipinski definition) is 3. The van der Waals surface area contributed by atoms with Crippen LogP contribution in [0.1, 0.15) is 65.7 Å². The molecule has 0 aromatic rings. The first-order valence-electron chi connectivity index (χ1n) is 8.37. The van der Waals surface area contributed by atoms with E-state index in [4.69, 9.17) is 4.74 Å². The predicted octanol–water partition coefficient (Wildman–Crippen LogP) is 3.69. The van der Waals surface area contributed by atoms with Crippen molar-refractivity contribution >= 4 is 0 Å². The Morgan fingerprint density at radius 2 is 1.86 bits per heavy atom. The van der Waals surface area contributed by atoms with Crippen molar-refractivity contribution in [1.82, 2.24) is 0 Å². The second-order valence-corrected chi connectivity index (χ2v) is 7.18. The first-order valence-corrected chi connectivity index (χ1v) is 8.37. The van der Waals surface area contributed by atoms with Crippen molar-refractivity contribution in [2.75, 3.05) is 7.11 Å². The summed E-state index contributed by atoms with van der Waals surface area (Å²) < 4.78 is 5.24. The molecule has 2 rings (SSSR count). The fourth-order valence-electron chi connectivity index (χ4n) is 3.27. The molecule has 0 aromatic carbocycles. The smallest absolute Gasteiger partial charge is 0.0908 e. The summed E-state index contributed by atoms with van der Waals surface area (Å²) in [6, 6.07) is 0. The molecule has 124 valence electrons. The van der Waals surface area contributed by atoms with E-state index in [1.54, 1.807) is 7.11 Å². The van der Waals surface area contributed by atoms with Crippen molar-refractivity contribution in [2.24, 2.45) is 11.8 Å². The lowest BCUT2D eigenvalue weighted by Crippen LogP contribution is -2.43. The Morgan fingerprint density at radius 1 is 1.19 bits per heavy atom. The Hall–Kier alpha value is -0.380. The zero-order valence-corrected chi connectivity index (χ0v) is 14.3. The average molecular weight is 298 g/mol. The topological polar surface area (TPSA) is 49.7 Å². The maximum atomic E-state index is 9.56. The van der Waals surface area contributed by atoms with E-state index < -0.39 is 0 Å². The first-order chi connectivity index (χ1) is 9.80. The number of methoxy groups -OCH3 is 1. The van der Waals surface area contributed by atoms with Crippen molar-refractivity contribution in [3.8, 4) is 0 Å². The molecular formula is C18H34O3. The average Bonchev–Trinajstić information content (AvgIpc) is 2.45. The minimum Gasteiger partial charge on any atom is -0.393 e. The monoisotopic (exact) mass is 298 g/mol. The van der Waals surface area contributed by atoms with Crippen molar-refractivity contribution < 1.29 is 14.9 Å². The van der Waals surface area contributed by atoms with Gasteiger partial charge in [-0.3, -0.25) is 0 Å². The van der Waals surface area contributed by atoms with Gasteiger partial charge in [0.1, 0.15) is 0 Å². The van der Waals surface area contributed by atoms with Gasteiger partial charge >= 0.3 is 0 Å². The van der Waals surface area contributed by atoms with Gasteiger partial charge in [0.2, 0.25) is 0 Å². The molecule has 0 spiro atoms. The molecule has 21 heavy (non-hydrogen) atoms. The number of allylic oxidation sites excluding steroid dienone is 1. The molecule has 0 saturated heterocycles. The summed E-state index contributed by atoms with van der Waals surface area (Å²) in [4.78, 5) is 0. The van der Waals surface area contributed by atoms with Gasteiger partial charge in [0, 0.05) is 7.11 Å². The number of aliphatic hydroxyl groups is 2. The Balaban J connectivity index is 0.000000211. The van der Waals surface area contributed by atoms with E-state index in [1.165, 1.54) is 18.4 Å². The van der Waals surface area contributed by atoms with Gasteiger partial charge in [-0.25, -0.2) is 0 Å². The van der Waals surface area contributed by atoms with E-state index in [1.807, 2.05) is 6.92 Å². The van der Waals surface area contributed by atoms with E-state index in [9.17, 15) is 10.2 Å². The summed E-state index contributed by atoms with van der Waals surface area (Å²) in [5, 5.41) is 19.1. The molecule has 3 nitrogen and oxygen atoms in total. The molecule has 0 radical (unpaired) electrons. The number of aliphatic hydroxyl groups excluding tert-OH is 2. The van der Waals surface area contributed by atoms with Crippen molar-refractivity contribution in [3.05, 3.63) is 12.2 Å². The second kappa shape index (κ2) is 8.30. The minimum atomic E-state index is -0.266. The standard InChI is InChI=1S/C10H18O.C8H16O2/c1-7(2)9-5-4-8(3)10(11)6-9;1-8(10-2)6-4-3-5-7(8)9/h8-11H,1,4-6H2,2-3H3;7,9H,3-6H2,1-2H3/t8-,9+,10-;7-,8-/m11/s1. The number of ether oxygens (including phenoxy) is 1. The largest absolute Gasteiger partial charge is 0.393 e. The van der Waals surface area contributed by atoms with Crippen LogP contribution in [0, 0.1) is 11.8 Å². The van der Waals surface area contributed by atoms with Gasteiger partial charge in [-0.15, -0.1) is 0 Å². The van der Waals surface area contributed by atoms with Crippen molar-refractivity contribution in [3.63, 3.8) is 0 Å². The highest BCUT2D eigenvalue weighted by Gasteiger charge is 2.34. The third-order valence-electron chi connectivity index (χ3n) is 5.42. The fraction of sp³-hybridized carbons (Fsp3) is 0.889. The third-order valence-corrected chi connectivity index (χ3v) is 5.42.